The first kappa shape index (κ1) is 11.0. The van der Waals surface area contributed by atoms with Crippen LogP contribution >= 0.6 is 0 Å². The number of nitrogens with one attached hydrogen (secondary N) is 1. The maximum Gasteiger partial charge on any atom is 0.238 e. The third kappa shape index (κ3) is 2.25. The summed E-state index contributed by atoms with van der Waals surface area (Å²) in [6.45, 7) is 0. The van der Waals surface area contributed by atoms with Crippen molar-refractivity contribution in [3.05, 3.63) is 29.2 Å². The summed E-state index contributed by atoms with van der Waals surface area (Å²) in [6, 6.07) is 2.31. The second-order valence-corrected chi connectivity index (χ2v) is 4.05. The van der Waals surface area contributed by atoms with Crippen LogP contribution in [-0.4, -0.2) is 13.6 Å². The Bertz CT molecular complexity index is 445. The second kappa shape index (κ2) is 3.59. The Morgan fingerprint density at radius 1 is 1.50 bits per heavy atom. The van der Waals surface area contributed by atoms with Crippen LogP contribution < -0.4 is 10.4 Å². The SMILES string of the molecule is NS(=O)(=O)c1ccc(F)c([NH+]([O-])O)c1. The molecule has 78 valence electrons. The fourth-order valence-corrected chi connectivity index (χ4v) is 1.39. The van der Waals surface area contributed by atoms with Gasteiger partial charge in [-0.2, -0.15) is 5.23 Å². The van der Waals surface area contributed by atoms with Crippen LogP contribution in [0, 0.1) is 11.0 Å². The lowest BCUT2D eigenvalue weighted by Gasteiger charge is -2.12. The fourth-order valence-electron chi connectivity index (χ4n) is 0.845. The molecule has 0 amide bonds. The number of rotatable bonds is 2. The van der Waals surface area contributed by atoms with Gasteiger partial charge in [0.1, 0.15) is 0 Å². The Kier molecular flexibility index (Phi) is 2.83. The molecule has 0 aromatic heterocycles. The highest BCUT2D eigenvalue weighted by Gasteiger charge is 2.15. The number of nitrogens with two attached hydrogens (primary N) is 1. The number of primary sulfonamides is 1. The summed E-state index contributed by atoms with van der Waals surface area (Å²) in [6.07, 6.45) is 0. The Morgan fingerprint density at radius 2 is 2.07 bits per heavy atom. The van der Waals surface area contributed by atoms with Gasteiger partial charge in [0, 0.05) is 6.07 Å². The molecule has 0 aliphatic rings. The van der Waals surface area contributed by atoms with E-state index in [9.17, 15) is 18.0 Å². The number of hydrogen-bond donors (Lipinski definition) is 3. The van der Waals surface area contributed by atoms with Gasteiger partial charge in [-0.1, -0.05) is 0 Å². The van der Waals surface area contributed by atoms with Crippen molar-refractivity contribution in [2.75, 3.05) is 0 Å². The molecule has 1 rings (SSSR count). The van der Waals surface area contributed by atoms with E-state index in [1.54, 1.807) is 0 Å². The molecular weight excluding hydrogens is 215 g/mol. The van der Waals surface area contributed by atoms with Crippen LogP contribution in [-0.2, 0) is 10.0 Å². The summed E-state index contributed by atoms with van der Waals surface area (Å²) in [5.41, 5.74) is -0.725. The van der Waals surface area contributed by atoms with Gasteiger partial charge < -0.3 is 5.21 Å². The van der Waals surface area contributed by atoms with Crippen molar-refractivity contribution in [3.63, 3.8) is 0 Å². The molecule has 1 atom stereocenters. The topological polar surface area (TPSA) is 108 Å². The molecule has 4 N–H and O–H groups in total. The third-order valence-corrected chi connectivity index (χ3v) is 2.41. The maximum absolute atomic E-state index is 12.8. The first-order chi connectivity index (χ1) is 6.32. The molecule has 1 aromatic carbocycles. The van der Waals surface area contributed by atoms with Crippen LogP contribution in [0.25, 0.3) is 0 Å². The minimum atomic E-state index is -4.01. The number of benzene rings is 1. The number of sulfonamides is 1. The van der Waals surface area contributed by atoms with E-state index in [1.807, 2.05) is 0 Å². The Balaban J connectivity index is 3.34. The van der Waals surface area contributed by atoms with Crippen LogP contribution in [0.15, 0.2) is 23.1 Å². The van der Waals surface area contributed by atoms with E-state index >= 15 is 0 Å². The Morgan fingerprint density at radius 3 is 2.50 bits per heavy atom. The zero-order valence-corrected chi connectivity index (χ0v) is 7.58. The lowest BCUT2D eigenvalue weighted by molar-refractivity contribution is -0.992. The predicted octanol–water partition coefficient (Wildman–Crippen LogP) is -1.12. The molecule has 0 fully saturated rings. The maximum atomic E-state index is 12.8. The first-order valence-corrected chi connectivity index (χ1v) is 4.92. The van der Waals surface area contributed by atoms with Gasteiger partial charge in [-0.15, -0.1) is 0 Å². The van der Waals surface area contributed by atoms with E-state index < -0.39 is 31.6 Å². The Labute approximate surface area is 79.0 Å². The molecule has 0 aliphatic carbocycles. The smallest absolute Gasteiger partial charge is 0.238 e. The number of halogens is 1. The Hall–Kier alpha value is -1.06. The molecule has 0 saturated heterocycles. The van der Waals surface area contributed by atoms with Crippen molar-refractivity contribution in [2.24, 2.45) is 5.14 Å². The number of quaternary nitrogens is 1. The zero-order valence-electron chi connectivity index (χ0n) is 6.77. The molecule has 0 bridgehead atoms. The summed E-state index contributed by atoms with van der Waals surface area (Å²) in [4.78, 5) is -0.434. The summed E-state index contributed by atoms with van der Waals surface area (Å²) in [5.74, 6) is -1.01. The van der Waals surface area contributed by atoms with E-state index in [1.165, 1.54) is 0 Å². The van der Waals surface area contributed by atoms with E-state index in [0.29, 0.717) is 6.07 Å². The van der Waals surface area contributed by atoms with Crippen molar-refractivity contribution in [1.29, 1.82) is 0 Å². The van der Waals surface area contributed by atoms with Crippen molar-refractivity contribution in [2.45, 2.75) is 4.90 Å². The summed E-state index contributed by atoms with van der Waals surface area (Å²) < 4.78 is 34.4. The van der Waals surface area contributed by atoms with Crippen molar-refractivity contribution >= 4 is 15.7 Å². The van der Waals surface area contributed by atoms with Gasteiger partial charge in [-0.05, 0) is 12.1 Å². The molecule has 1 aromatic rings. The van der Waals surface area contributed by atoms with E-state index in [2.05, 4.69) is 0 Å². The highest BCUT2D eigenvalue weighted by Crippen LogP contribution is 2.14. The quantitative estimate of drug-likeness (QED) is 0.550. The predicted molar refractivity (Wildman–Crippen MR) is 43.5 cm³/mol. The second-order valence-electron chi connectivity index (χ2n) is 2.49. The van der Waals surface area contributed by atoms with Crippen LogP contribution in [0.4, 0.5) is 10.1 Å². The van der Waals surface area contributed by atoms with Crippen molar-refractivity contribution < 1.29 is 23.2 Å². The van der Waals surface area contributed by atoms with Gasteiger partial charge in [0.15, 0.2) is 5.82 Å². The summed E-state index contributed by atoms with van der Waals surface area (Å²) in [7, 11) is -4.01. The highest BCUT2D eigenvalue weighted by atomic mass is 32.2. The molecular formula is C6H7FN2O4S. The minimum Gasteiger partial charge on any atom is -0.595 e. The molecule has 1 unspecified atom stereocenters. The van der Waals surface area contributed by atoms with Crippen LogP contribution in [0.1, 0.15) is 0 Å². The van der Waals surface area contributed by atoms with Gasteiger partial charge in [0.05, 0.1) is 4.90 Å². The lowest BCUT2D eigenvalue weighted by atomic mass is 10.3. The standard InChI is InChI=1S/C6H7FN2O4S/c7-5-2-1-4(14(8,12)13)3-6(5)9(10)11/h1-3,9-10H,(H2,8,12,13). The van der Waals surface area contributed by atoms with Crippen LogP contribution in [0.2, 0.25) is 0 Å². The molecule has 8 heteroatoms. The van der Waals surface area contributed by atoms with E-state index in [0.717, 1.165) is 12.1 Å². The van der Waals surface area contributed by atoms with Gasteiger partial charge >= 0.3 is 0 Å². The zero-order chi connectivity index (χ0) is 10.9. The first-order valence-electron chi connectivity index (χ1n) is 3.38. The minimum absolute atomic E-state index is 0.434. The fraction of sp³-hybridized carbons (Fsp3) is 0. The lowest BCUT2D eigenvalue weighted by Crippen LogP contribution is -2.99. The summed E-state index contributed by atoms with van der Waals surface area (Å²) in [5, 5.41) is 22.1. The monoisotopic (exact) mass is 222 g/mol. The third-order valence-electron chi connectivity index (χ3n) is 1.50. The van der Waals surface area contributed by atoms with Crippen LogP contribution in [0.5, 0.6) is 0 Å². The highest BCUT2D eigenvalue weighted by molar-refractivity contribution is 7.89. The van der Waals surface area contributed by atoms with Crippen LogP contribution in [0.3, 0.4) is 0 Å². The number of hydrogen-bond acceptors (Lipinski definition) is 4. The molecule has 6 nitrogen and oxygen atoms in total. The molecule has 0 aliphatic heterocycles. The average Bonchev–Trinajstić information content (AvgIpc) is 2.02. The van der Waals surface area contributed by atoms with Gasteiger partial charge in [-0.25, -0.2) is 23.2 Å². The molecule has 0 radical (unpaired) electrons. The molecule has 14 heavy (non-hydrogen) atoms. The normalized spacial score (nSPS) is 14.0. The van der Waals surface area contributed by atoms with Gasteiger partial charge in [0.25, 0.3) is 0 Å². The van der Waals surface area contributed by atoms with Crippen molar-refractivity contribution in [3.8, 4) is 0 Å². The van der Waals surface area contributed by atoms with E-state index in [4.69, 9.17) is 10.3 Å². The van der Waals surface area contributed by atoms with Gasteiger partial charge in [-0.3, -0.25) is 0 Å². The van der Waals surface area contributed by atoms with E-state index in [-0.39, 0.29) is 0 Å². The average molecular weight is 222 g/mol. The largest absolute Gasteiger partial charge is 0.595 e. The molecule has 0 heterocycles. The van der Waals surface area contributed by atoms with Crippen molar-refractivity contribution in [1.82, 2.24) is 0 Å². The summed E-state index contributed by atoms with van der Waals surface area (Å²) >= 11 is 0. The molecule has 0 spiro atoms. The molecule has 0 saturated carbocycles. The van der Waals surface area contributed by atoms with Gasteiger partial charge in [0.2, 0.25) is 15.7 Å².